The van der Waals surface area contributed by atoms with Crippen molar-refractivity contribution in [2.24, 2.45) is 5.41 Å². The Hall–Kier alpha value is -2.05. The van der Waals surface area contributed by atoms with Crippen molar-refractivity contribution in [3.63, 3.8) is 0 Å². The van der Waals surface area contributed by atoms with Crippen molar-refractivity contribution in [3.05, 3.63) is 11.8 Å². The molecule has 0 unspecified atom stereocenters. The number of nitrogens with zero attached hydrogens (tertiary/aromatic N) is 2. The number of nitrogen functional groups attached to an aromatic ring is 1. The van der Waals surface area contributed by atoms with E-state index in [1.165, 1.54) is 6.20 Å². The first-order chi connectivity index (χ1) is 10.9. The summed E-state index contributed by atoms with van der Waals surface area (Å²) >= 11 is 0. The maximum Gasteiger partial charge on any atom is 0.343 e. The molecule has 0 spiro atoms. The van der Waals surface area contributed by atoms with Crippen LogP contribution in [-0.4, -0.2) is 34.9 Å². The van der Waals surface area contributed by atoms with Crippen molar-refractivity contribution < 1.29 is 19.1 Å². The molecular formula is C16H25N3O4. The Morgan fingerprint density at radius 3 is 2.48 bits per heavy atom. The van der Waals surface area contributed by atoms with Gasteiger partial charge in [-0.3, -0.25) is 4.79 Å². The van der Waals surface area contributed by atoms with Crippen molar-refractivity contribution >= 4 is 17.8 Å². The van der Waals surface area contributed by atoms with E-state index in [2.05, 4.69) is 5.10 Å². The standard InChI is InChI=1S/C16H25N3O4/c1-4-22-14(20)12-10-18-19(13(12)17)11-6-8-16(3,9-7-11)15(21)23-5-2/h10-11H,4-9,17H2,1-3H3. The Balaban J connectivity index is 2.06. The molecule has 1 aromatic heterocycles. The second kappa shape index (κ2) is 7.02. The predicted molar refractivity (Wildman–Crippen MR) is 84.8 cm³/mol. The third kappa shape index (κ3) is 3.48. The molecule has 23 heavy (non-hydrogen) atoms. The largest absolute Gasteiger partial charge is 0.466 e. The number of ether oxygens (including phenoxy) is 2. The summed E-state index contributed by atoms with van der Waals surface area (Å²) in [6.45, 7) is 6.19. The Morgan fingerprint density at radius 1 is 1.30 bits per heavy atom. The molecule has 1 aliphatic rings. The van der Waals surface area contributed by atoms with Gasteiger partial charge in [-0.25, -0.2) is 9.48 Å². The number of esters is 2. The van der Waals surface area contributed by atoms with Gasteiger partial charge < -0.3 is 15.2 Å². The fraction of sp³-hybridized carbons (Fsp3) is 0.688. The average Bonchev–Trinajstić information content (AvgIpc) is 2.90. The van der Waals surface area contributed by atoms with Crippen molar-refractivity contribution in [2.75, 3.05) is 18.9 Å². The quantitative estimate of drug-likeness (QED) is 0.835. The normalized spacial score (nSPS) is 24.2. The van der Waals surface area contributed by atoms with Crippen LogP contribution in [0.5, 0.6) is 0 Å². The van der Waals surface area contributed by atoms with Crippen LogP contribution in [0.15, 0.2) is 6.20 Å². The molecule has 1 fully saturated rings. The van der Waals surface area contributed by atoms with Gasteiger partial charge in [0.25, 0.3) is 0 Å². The first kappa shape index (κ1) is 17.3. The van der Waals surface area contributed by atoms with E-state index in [0.717, 1.165) is 12.8 Å². The third-order valence-corrected chi connectivity index (χ3v) is 4.50. The molecule has 7 heteroatoms. The minimum atomic E-state index is -0.455. The third-order valence-electron chi connectivity index (χ3n) is 4.50. The summed E-state index contributed by atoms with van der Waals surface area (Å²) in [6, 6.07) is 0.0840. The molecule has 0 radical (unpaired) electrons. The molecule has 1 saturated carbocycles. The molecule has 1 aromatic rings. The number of aromatic nitrogens is 2. The fourth-order valence-corrected chi connectivity index (χ4v) is 3.02. The van der Waals surface area contributed by atoms with Crippen LogP contribution < -0.4 is 5.73 Å². The maximum atomic E-state index is 12.1. The number of nitrogens with two attached hydrogens (primary N) is 1. The van der Waals surface area contributed by atoms with Crippen molar-refractivity contribution in [1.29, 1.82) is 0 Å². The van der Waals surface area contributed by atoms with Crippen LogP contribution in [0.3, 0.4) is 0 Å². The van der Waals surface area contributed by atoms with E-state index in [1.807, 2.05) is 13.8 Å². The van der Waals surface area contributed by atoms with Gasteiger partial charge in [0.05, 0.1) is 30.9 Å². The van der Waals surface area contributed by atoms with E-state index in [1.54, 1.807) is 11.6 Å². The van der Waals surface area contributed by atoms with Crippen LogP contribution >= 0.6 is 0 Å². The van der Waals surface area contributed by atoms with Gasteiger partial charge >= 0.3 is 11.9 Å². The Bertz CT molecular complexity index is 574. The molecule has 0 atom stereocenters. The number of anilines is 1. The van der Waals surface area contributed by atoms with Gasteiger partial charge in [0.1, 0.15) is 11.4 Å². The lowest BCUT2D eigenvalue weighted by Crippen LogP contribution is -2.35. The minimum absolute atomic E-state index is 0.0840. The molecule has 7 nitrogen and oxygen atoms in total. The number of rotatable bonds is 5. The first-order valence-corrected chi connectivity index (χ1v) is 8.10. The van der Waals surface area contributed by atoms with Crippen molar-refractivity contribution in [2.45, 2.75) is 52.5 Å². The average molecular weight is 323 g/mol. The smallest absolute Gasteiger partial charge is 0.343 e. The molecule has 0 bridgehead atoms. The summed E-state index contributed by atoms with van der Waals surface area (Å²) in [5.74, 6) is -0.268. The van der Waals surface area contributed by atoms with Gasteiger partial charge in [-0.15, -0.1) is 0 Å². The van der Waals surface area contributed by atoms with Gasteiger partial charge in [-0.05, 0) is 46.5 Å². The highest BCUT2D eigenvalue weighted by Gasteiger charge is 2.40. The first-order valence-electron chi connectivity index (χ1n) is 8.10. The summed E-state index contributed by atoms with van der Waals surface area (Å²) in [6.07, 6.45) is 4.41. The lowest BCUT2D eigenvalue weighted by atomic mass is 9.74. The van der Waals surface area contributed by atoms with Gasteiger partial charge in [0, 0.05) is 0 Å². The zero-order valence-electron chi connectivity index (χ0n) is 14.0. The van der Waals surface area contributed by atoms with Crippen LogP contribution in [0.4, 0.5) is 5.82 Å². The Labute approximate surface area is 136 Å². The lowest BCUT2D eigenvalue weighted by molar-refractivity contribution is -0.156. The van der Waals surface area contributed by atoms with Crippen LogP contribution in [0.25, 0.3) is 0 Å². The number of hydrogen-bond acceptors (Lipinski definition) is 6. The van der Waals surface area contributed by atoms with Gasteiger partial charge in [0.15, 0.2) is 0 Å². The molecule has 0 amide bonds. The number of carbonyl (C=O) groups excluding carboxylic acids is 2. The number of hydrogen-bond donors (Lipinski definition) is 1. The molecule has 2 N–H and O–H groups in total. The van der Waals surface area contributed by atoms with Crippen LogP contribution in [-0.2, 0) is 14.3 Å². The van der Waals surface area contributed by atoms with Gasteiger partial charge in [-0.2, -0.15) is 5.10 Å². The van der Waals surface area contributed by atoms with Gasteiger partial charge in [0.2, 0.25) is 0 Å². The van der Waals surface area contributed by atoms with E-state index in [0.29, 0.717) is 37.4 Å². The monoisotopic (exact) mass is 323 g/mol. The van der Waals surface area contributed by atoms with E-state index in [4.69, 9.17) is 15.2 Å². The SMILES string of the molecule is CCOC(=O)c1cnn(C2CCC(C)(C(=O)OCC)CC2)c1N. The zero-order chi connectivity index (χ0) is 17.0. The van der Waals surface area contributed by atoms with E-state index in [-0.39, 0.29) is 12.0 Å². The second-order valence-corrected chi connectivity index (χ2v) is 6.12. The highest BCUT2D eigenvalue weighted by atomic mass is 16.5. The van der Waals surface area contributed by atoms with Crippen LogP contribution in [0, 0.1) is 5.41 Å². The predicted octanol–water partition coefficient (Wildman–Crippen LogP) is 2.33. The molecule has 0 aromatic carbocycles. The summed E-state index contributed by atoms with van der Waals surface area (Å²) in [7, 11) is 0. The van der Waals surface area contributed by atoms with Gasteiger partial charge in [-0.1, -0.05) is 0 Å². The van der Waals surface area contributed by atoms with Crippen molar-refractivity contribution in [1.82, 2.24) is 9.78 Å². The number of carbonyl (C=O) groups is 2. The van der Waals surface area contributed by atoms with Crippen LogP contribution in [0.1, 0.15) is 62.9 Å². The molecule has 1 aliphatic carbocycles. The summed E-state index contributed by atoms with van der Waals surface area (Å²) in [4.78, 5) is 23.9. The molecule has 2 rings (SSSR count). The van der Waals surface area contributed by atoms with Crippen LogP contribution in [0.2, 0.25) is 0 Å². The minimum Gasteiger partial charge on any atom is -0.466 e. The zero-order valence-corrected chi connectivity index (χ0v) is 14.0. The van der Waals surface area contributed by atoms with E-state index in [9.17, 15) is 9.59 Å². The topological polar surface area (TPSA) is 96.4 Å². The fourth-order valence-electron chi connectivity index (χ4n) is 3.02. The Kier molecular flexibility index (Phi) is 5.28. The molecule has 1 heterocycles. The molecular weight excluding hydrogens is 298 g/mol. The second-order valence-electron chi connectivity index (χ2n) is 6.12. The summed E-state index contributed by atoms with van der Waals surface area (Å²) in [5.41, 5.74) is 5.90. The van der Waals surface area contributed by atoms with E-state index < -0.39 is 11.4 Å². The molecule has 0 saturated heterocycles. The van der Waals surface area contributed by atoms with E-state index >= 15 is 0 Å². The summed E-state index contributed by atoms with van der Waals surface area (Å²) < 4.78 is 11.8. The molecule has 128 valence electrons. The highest BCUT2D eigenvalue weighted by molar-refractivity contribution is 5.94. The molecule has 0 aliphatic heterocycles. The Morgan fingerprint density at radius 2 is 1.91 bits per heavy atom. The van der Waals surface area contributed by atoms with Crippen molar-refractivity contribution in [3.8, 4) is 0 Å². The maximum absolute atomic E-state index is 12.1. The lowest BCUT2D eigenvalue weighted by Gasteiger charge is -2.35. The summed E-state index contributed by atoms with van der Waals surface area (Å²) in [5, 5.41) is 4.25. The highest BCUT2D eigenvalue weighted by Crippen LogP contribution is 2.42.